The molecule has 3 nitrogen and oxygen atoms in total. The van der Waals surface area contributed by atoms with Gasteiger partial charge in [-0.25, -0.2) is 0 Å². The smallest absolute Gasteiger partial charge is 0.310 e. The number of unbranched alkanes of at least 4 members (excludes halogenated alkanes) is 5. The van der Waals surface area contributed by atoms with Crippen LogP contribution in [0.15, 0.2) is 0 Å². The summed E-state index contributed by atoms with van der Waals surface area (Å²) in [6.07, 6.45) is 9.05. The summed E-state index contributed by atoms with van der Waals surface area (Å²) in [5, 5.41) is 12.4. The molecule has 1 unspecified atom stereocenters. The first-order chi connectivity index (χ1) is 7.71. The van der Waals surface area contributed by atoms with E-state index in [4.69, 9.17) is 0 Å². The second-order valence-electron chi connectivity index (χ2n) is 5.03. The van der Waals surface area contributed by atoms with E-state index in [1.165, 1.54) is 32.1 Å². The molecule has 0 bridgehead atoms. The molecule has 1 heterocycles. The monoisotopic (exact) mass is 227 g/mol. The van der Waals surface area contributed by atoms with E-state index in [0.717, 1.165) is 25.8 Å². The van der Waals surface area contributed by atoms with Gasteiger partial charge in [0.2, 0.25) is 0 Å². The van der Waals surface area contributed by atoms with Crippen LogP contribution >= 0.6 is 0 Å². The summed E-state index contributed by atoms with van der Waals surface area (Å²) < 4.78 is 0. The van der Waals surface area contributed by atoms with Crippen LogP contribution < -0.4 is 5.32 Å². The quantitative estimate of drug-likeness (QED) is 0.627. The summed E-state index contributed by atoms with van der Waals surface area (Å²) in [4.78, 5) is 11.2. The van der Waals surface area contributed by atoms with Crippen molar-refractivity contribution < 1.29 is 9.90 Å². The third kappa shape index (κ3) is 3.78. The minimum absolute atomic E-state index is 0.454. The van der Waals surface area contributed by atoms with Gasteiger partial charge in [0.1, 0.15) is 0 Å². The maximum absolute atomic E-state index is 11.2. The molecule has 0 spiro atoms. The van der Waals surface area contributed by atoms with Crippen LogP contribution in [0.25, 0.3) is 0 Å². The molecule has 16 heavy (non-hydrogen) atoms. The number of aliphatic carboxylic acids is 1. The van der Waals surface area contributed by atoms with E-state index in [-0.39, 0.29) is 0 Å². The summed E-state index contributed by atoms with van der Waals surface area (Å²) in [7, 11) is 0. The van der Waals surface area contributed by atoms with Crippen molar-refractivity contribution in [2.45, 2.75) is 58.3 Å². The Morgan fingerprint density at radius 3 is 2.50 bits per heavy atom. The van der Waals surface area contributed by atoms with E-state index in [1.807, 2.05) is 0 Å². The van der Waals surface area contributed by atoms with Gasteiger partial charge in [0.15, 0.2) is 0 Å². The minimum Gasteiger partial charge on any atom is -0.481 e. The number of rotatable bonds is 8. The van der Waals surface area contributed by atoms with Crippen LogP contribution in [0, 0.1) is 5.41 Å². The third-order valence-electron chi connectivity index (χ3n) is 3.71. The first-order valence-electron chi connectivity index (χ1n) is 6.65. The van der Waals surface area contributed by atoms with Crippen LogP contribution in [0.2, 0.25) is 0 Å². The zero-order valence-electron chi connectivity index (χ0n) is 10.4. The van der Waals surface area contributed by atoms with Crippen LogP contribution in [-0.2, 0) is 4.79 Å². The summed E-state index contributed by atoms with van der Waals surface area (Å²) in [5.41, 5.74) is -0.454. The molecule has 0 aliphatic carbocycles. The summed E-state index contributed by atoms with van der Waals surface area (Å²) in [6.45, 7) is 3.74. The number of hydrogen-bond acceptors (Lipinski definition) is 2. The van der Waals surface area contributed by atoms with Gasteiger partial charge in [-0.05, 0) is 19.4 Å². The van der Waals surface area contributed by atoms with Crippen LogP contribution in [0.4, 0.5) is 0 Å². The molecule has 94 valence electrons. The molecule has 1 aliphatic rings. The van der Waals surface area contributed by atoms with Crippen molar-refractivity contribution in [3.8, 4) is 0 Å². The Hall–Kier alpha value is -0.570. The lowest BCUT2D eigenvalue weighted by atomic mass is 9.82. The molecule has 2 N–H and O–H groups in total. The fraction of sp³-hybridized carbons (Fsp3) is 0.923. The molecule has 1 atom stereocenters. The van der Waals surface area contributed by atoms with Crippen molar-refractivity contribution in [2.75, 3.05) is 13.1 Å². The molecule has 1 fully saturated rings. The van der Waals surface area contributed by atoms with Gasteiger partial charge in [0.05, 0.1) is 5.41 Å². The van der Waals surface area contributed by atoms with Gasteiger partial charge >= 0.3 is 5.97 Å². The molecular formula is C13H25NO2. The first kappa shape index (κ1) is 13.5. The molecule has 0 aromatic heterocycles. The summed E-state index contributed by atoms with van der Waals surface area (Å²) >= 11 is 0. The van der Waals surface area contributed by atoms with E-state index in [9.17, 15) is 9.90 Å². The van der Waals surface area contributed by atoms with Gasteiger partial charge in [0, 0.05) is 6.54 Å². The molecule has 0 amide bonds. The van der Waals surface area contributed by atoms with Crippen molar-refractivity contribution in [3.63, 3.8) is 0 Å². The highest BCUT2D eigenvalue weighted by molar-refractivity contribution is 5.75. The van der Waals surface area contributed by atoms with Gasteiger partial charge in [-0.2, -0.15) is 0 Å². The van der Waals surface area contributed by atoms with E-state index >= 15 is 0 Å². The lowest BCUT2D eigenvalue weighted by Crippen LogP contribution is -2.33. The van der Waals surface area contributed by atoms with Crippen molar-refractivity contribution >= 4 is 5.97 Å². The Kier molecular flexibility index (Phi) is 5.81. The Labute approximate surface area is 98.6 Å². The zero-order valence-corrected chi connectivity index (χ0v) is 10.4. The number of carboxylic acids is 1. The lowest BCUT2D eigenvalue weighted by Gasteiger charge is -2.22. The maximum atomic E-state index is 11.2. The number of nitrogens with one attached hydrogen (secondary N) is 1. The Morgan fingerprint density at radius 2 is 1.94 bits per heavy atom. The Bertz CT molecular complexity index is 210. The highest BCUT2D eigenvalue weighted by atomic mass is 16.4. The largest absolute Gasteiger partial charge is 0.481 e. The van der Waals surface area contributed by atoms with Crippen LogP contribution in [-0.4, -0.2) is 24.2 Å². The number of carboxylic acid groups (broad SMARTS) is 1. The van der Waals surface area contributed by atoms with Crippen LogP contribution in [0.3, 0.4) is 0 Å². The molecule has 1 rings (SSSR count). The molecule has 0 radical (unpaired) electrons. The van der Waals surface area contributed by atoms with E-state index in [1.54, 1.807) is 0 Å². The molecule has 0 saturated carbocycles. The number of hydrogen-bond donors (Lipinski definition) is 2. The van der Waals surface area contributed by atoms with Crippen molar-refractivity contribution in [1.82, 2.24) is 5.32 Å². The second-order valence-corrected chi connectivity index (χ2v) is 5.03. The SMILES string of the molecule is CCCCCCCCC1(C(=O)O)CCNC1. The van der Waals surface area contributed by atoms with Gasteiger partial charge in [0.25, 0.3) is 0 Å². The topological polar surface area (TPSA) is 49.3 Å². The lowest BCUT2D eigenvalue weighted by molar-refractivity contribution is -0.148. The van der Waals surface area contributed by atoms with Crippen molar-refractivity contribution in [3.05, 3.63) is 0 Å². The van der Waals surface area contributed by atoms with Gasteiger partial charge in [-0.15, -0.1) is 0 Å². The highest BCUT2D eigenvalue weighted by Gasteiger charge is 2.40. The molecule has 0 aromatic carbocycles. The second kappa shape index (κ2) is 6.89. The van der Waals surface area contributed by atoms with Gasteiger partial charge in [-0.3, -0.25) is 4.79 Å². The van der Waals surface area contributed by atoms with Crippen molar-refractivity contribution in [1.29, 1.82) is 0 Å². The average molecular weight is 227 g/mol. The molecule has 1 saturated heterocycles. The maximum Gasteiger partial charge on any atom is 0.310 e. The van der Waals surface area contributed by atoms with E-state index in [0.29, 0.717) is 6.54 Å². The van der Waals surface area contributed by atoms with Gasteiger partial charge in [-0.1, -0.05) is 45.4 Å². The van der Waals surface area contributed by atoms with Crippen LogP contribution in [0.5, 0.6) is 0 Å². The van der Waals surface area contributed by atoms with E-state index < -0.39 is 11.4 Å². The zero-order chi connectivity index (χ0) is 11.9. The standard InChI is InChI=1S/C13H25NO2/c1-2-3-4-5-6-7-8-13(12(15)16)9-10-14-11-13/h14H,2-11H2,1H3,(H,15,16). The fourth-order valence-corrected chi connectivity index (χ4v) is 2.49. The highest BCUT2D eigenvalue weighted by Crippen LogP contribution is 2.32. The van der Waals surface area contributed by atoms with E-state index in [2.05, 4.69) is 12.2 Å². The predicted molar refractivity (Wildman–Crippen MR) is 65.5 cm³/mol. The minimum atomic E-state index is -0.606. The molecule has 1 aliphatic heterocycles. The third-order valence-corrected chi connectivity index (χ3v) is 3.71. The molecular weight excluding hydrogens is 202 g/mol. The first-order valence-corrected chi connectivity index (χ1v) is 6.65. The molecule has 0 aromatic rings. The Morgan fingerprint density at radius 1 is 1.25 bits per heavy atom. The summed E-state index contributed by atoms with van der Waals surface area (Å²) in [6, 6.07) is 0. The average Bonchev–Trinajstić information content (AvgIpc) is 2.73. The predicted octanol–water partition coefficient (Wildman–Crippen LogP) is 2.80. The molecule has 3 heteroatoms. The fourth-order valence-electron chi connectivity index (χ4n) is 2.49. The van der Waals surface area contributed by atoms with Crippen molar-refractivity contribution in [2.24, 2.45) is 5.41 Å². The normalized spacial score (nSPS) is 24.8. The summed E-state index contributed by atoms with van der Waals surface area (Å²) in [5.74, 6) is -0.606. The van der Waals surface area contributed by atoms with Gasteiger partial charge < -0.3 is 10.4 Å². The number of carbonyl (C=O) groups is 1. The van der Waals surface area contributed by atoms with Crippen LogP contribution in [0.1, 0.15) is 58.3 Å². The Balaban J connectivity index is 2.16.